The largest absolute Gasteiger partial charge is 0.324 e. The first-order chi connectivity index (χ1) is 9.15. The van der Waals surface area contributed by atoms with Gasteiger partial charge in [0.25, 0.3) is 0 Å². The molecule has 1 unspecified atom stereocenters. The fourth-order valence-electron chi connectivity index (χ4n) is 2.12. The van der Waals surface area contributed by atoms with E-state index in [1.54, 1.807) is 11.3 Å². The number of benzene rings is 1. The molecule has 0 saturated heterocycles. The first kappa shape index (κ1) is 13.3. The summed E-state index contributed by atoms with van der Waals surface area (Å²) in [6.45, 7) is 0.676. The van der Waals surface area contributed by atoms with E-state index in [9.17, 15) is 4.79 Å². The number of carbonyl (C=O) groups is 1. The second-order valence-corrected chi connectivity index (χ2v) is 7.61. The molecule has 0 radical (unpaired) electrons. The van der Waals surface area contributed by atoms with Gasteiger partial charge in [-0.15, -0.1) is 11.3 Å². The standard InChI is InChI=1S/C13H10Br2N2OS/c14-8-2-1-3-9-11(8)12(13(18)17-9)16-6-7-4-5-10(15)19-7/h1-5,12,16H,6H2,(H,17,18). The smallest absolute Gasteiger partial charge is 0.246 e. The zero-order valence-corrected chi connectivity index (χ0v) is 13.7. The van der Waals surface area contributed by atoms with E-state index in [-0.39, 0.29) is 11.9 Å². The molecule has 6 heteroatoms. The first-order valence-corrected chi connectivity index (χ1v) is 8.12. The third-order valence-electron chi connectivity index (χ3n) is 2.97. The van der Waals surface area contributed by atoms with Gasteiger partial charge in [0, 0.05) is 27.1 Å². The lowest BCUT2D eigenvalue weighted by molar-refractivity contribution is -0.117. The van der Waals surface area contributed by atoms with Gasteiger partial charge in [-0.1, -0.05) is 22.0 Å². The van der Waals surface area contributed by atoms with Crippen molar-refractivity contribution in [1.82, 2.24) is 5.32 Å². The van der Waals surface area contributed by atoms with Gasteiger partial charge < -0.3 is 5.32 Å². The van der Waals surface area contributed by atoms with E-state index in [0.717, 1.165) is 19.5 Å². The number of amides is 1. The van der Waals surface area contributed by atoms with E-state index in [1.807, 2.05) is 24.3 Å². The monoisotopic (exact) mass is 400 g/mol. The third kappa shape index (κ3) is 2.63. The Hall–Kier alpha value is -0.690. The summed E-state index contributed by atoms with van der Waals surface area (Å²) < 4.78 is 2.05. The highest BCUT2D eigenvalue weighted by Crippen LogP contribution is 2.36. The van der Waals surface area contributed by atoms with Gasteiger partial charge in [-0.05, 0) is 40.2 Å². The second kappa shape index (κ2) is 5.36. The van der Waals surface area contributed by atoms with Crippen molar-refractivity contribution >= 4 is 54.8 Å². The average Bonchev–Trinajstić information content (AvgIpc) is 2.91. The maximum atomic E-state index is 12.0. The van der Waals surface area contributed by atoms with Crippen molar-refractivity contribution in [1.29, 1.82) is 0 Å². The van der Waals surface area contributed by atoms with Gasteiger partial charge in [-0.25, -0.2) is 0 Å². The highest BCUT2D eigenvalue weighted by Gasteiger charge is 2.31. The Morgan fingerprint density at radius 1 is 1.26 bits per heavy atom. The first-order valence-electron chi connectivity index (χ1n) is 5.72. The van der Waals surface area contributed by atoms with Crippen molar-refractivity contribution in [2.75, 3.05) is 5.32 Å². The SMILES string of the molecule is O=C1Nc2cccc(Br)c2C1NCc1ccc(Br)s1. The molecule has 3 nitrogen and oxygen atoms in total. The number of thiophene rings is 1. The van der Waals surface area contributed by atoms with Gasteiger partial charge in [-0.3, -0.25) is 10.1 Å². The maximum absolute atomic E-state index is 12.0. The van der Waals surface area contributed by atoms with Crippen LogP contribution in [0.2, 0.25) is 0 Å². The summed E-state index contributed by atoms with van der Waals surface area (Å²) in [6, 6.07) is 9.56. The molecule has 1 amide bonds. The van der Waals surface area contributed by atoms with Crippen molar-refractivity contribution < 1.29 is 4.79 Å². The van der Waals surface area contributed by atoms with E-state index in [1.165, 1.54) is 4.88 Å². The highest BCUT2D eigenvalue weighted by atomic mass is 79.9. The van der Waals surface area contributed by atoms with Crippen LogP contribution in [0.5, 0.6) is 0 Å². The predicted molar refractivity (Wildman–Crippen MR) is 84.4 cm³/mol. The number of hydrogen-bond donors (Lipinski definition) is 2. The van der Waals surface area contributed by atoms with Crippen molar-refractivity contribution in [3.63, 3.8) is 0 Å². The number of anilines is 1. The summed E-state index contributed by atoms with van der Waals surface area (Å²) >= 11 is 8.62. The van der Waals surface area contributed by atoms with Crippen LogP contribution in [0.15, 0.2) is 38.6 Å². The quantitative estimate of drug-likeness (QED) is 0.814. The van der Waals surface area contributed by atoms with Crippen molar-refractivity contribution in [3.05, 3.63) is 49.0 Å². The lowest BCUT2D eigenvalue weighted by Gasteiger charge is -2.11. The summed E-state index contributed by atoms with van der Waals surface area (Å²) in [6.07, 6.45) is 0. The summed E-state index contributed by atoms with van der Waals surface area (Å²) in [5, 5.41) is 6.20. The summed E-state index contributed by atoms with van der Waals surface area (Å²) in [7, 11) is 0. The lowest BCUT2D eigenvalue weighted by atomic mass is 10.1. The minimum Gasteiger partial charge on any atom is -0.324 e. The summed E-state index contributed by atoms with van der Waals surface area (Å²) in [5.41, 5.74) is 1.87. The molecule has 0 saturated carbocycles. The molecule has 2 aromatic rings. The fraction of sp³-hybridized carbons (Fsp3) is 0.154. The Labute approximate surface area is 131 Å². The Morgan fingerprint density at radius 3 is 2.84 bits per heavy atom. The van der Waals surface area contributed by atoms with Crippen molar-refractivity contribution in [2.24, 2.45) is 0 Å². The van der Waals surface area contributed by atoms with Gasteiger partial charge >= 0.3 is 0 Å². The van der Waals surface area contributed by atoms with Crippen LogP contribution in [-0.2, 0) is 11.3 Å². The highest BCUT2D eigenvalue weighted by molar-refractivity contribution is 9.11. The number of hydrogen-bond acceptors (Lipinski definition) is 3. The number of nitrogens with one attached hydrogen (secondary N) is 2. The van der Waals surface area contributed by atoms with Crippen molar-refractivity contribution in [2.45, 2.75) is 12.6 Å². The van der Waals surface area contributed by atoms with E-state index in [4.69, 9.17) is 0 Å². The van der Waals surface area contributed by atoms with Gasteiger partial charge in [0.1, 0.15) is 6.04 Å². The molecule has 2 N–H and O–H groups in total. The molecule has 0 spiro atoms. The van der Waals surface area contributed by atoms with Crippen LogP contribution in [0.3, 0.4) is 0 Å². The molecule has 1 atom stereocenters. The molecule has 98 valence electrons. The van der Waals surface area contributed by atoms with Gasteiger partial charge in [-0.2, -0.15) is 0 Å². The Morgan fingerprint density at radius 2 is 2.11 bits per heavy atom. The van der Waals surface area contributed by atoms with Crippen LogP contribution in [-0.4, -0.2) is 5.91 Å². The van der Waals surface area contributed by atoms with Crippen LogP contribution in [0.4, 0.5) is 5.69 Å². The fourth-order valence-corrected chi connectivity index (χ4v) is 4.15. The minimum atomic E-state index is -0.300. The van der Waals surface area contributed by atoms with Gasteiger partial charge in [0.2, 0.25) is 5.91 Å². The zero-order chi connectivity index (χ0) is 13.4. The Bertz CT molecular complexity index is 641. The molecule has 2 heterocycles. The zero-order valence-electron chi connectivity index (χ0n) is 9.74. The van der Waals surface area contributed by atoms with E-state index >= 15 is 0 Å². The molecule has 0 fully saturated rings. The average molecular weight is 402 g/mol. The van der Waals surface area contributed by atoms with Crippen LogP contribution >= 0.6 is 43.2 Å². The second-order valence-electron chi connectivity index (χ2n) is 4.21. The van der Waals surface area contributed by atoms with Crippen LogP contribution in [0, 0.1) is 0 Å². The lowest BCUT2D eigenvalue weighted by Crippen LogP contribution is -2.27. The van der Waals surface area contributed by atoms with E-state index in [2.05, 4.69) is 48.6 Å². The number of rotatable bonds is 3. The van der Waals surface area contributed by atoms with E-state index < -0.39 is 0 Å². The van der Waals surface area contributed by atoms with Crippen molar-refractivity contribution in [3.8, 4) is 0 Å². The molecular weight excluding hydrogens is 392 g/mol. The normalized spacial score (nSPS) is 17.4. The molecule has 1 aliphatic heterocycles. The van der Waals surface area contributed by atoms with Crippen LogP contribution in [0.25, 0.3) is 0 Å². The molecule has 1 aliphatic rings. The van der Waals surface area contributed by atoms with Gasteiger partial charge in [0.05, 0.1) is 3.79 Å². The van der Waals surface area contributed by atoms with E-state index in [0.29, 0.717) is 6.54 Å². The van der Waals surface area contributed by atoms with Crippen LogP contribution in [0.1, 0.15) is 16.5 Å². The van der Waals surface area contributed by atoms with Crippen LogP contribution < -0.4 is 10.6 Å². The number of carbonyl (C=O) groups excluding carboxylic acids is 1. The molecule has 19 heavy (non-hydrogen) atoms. The summed E-state index contributed by atoms with van der Waals surface area (Å²) in [4.78, 5) is 13.2. The minimum absolute atomic E-state index is 0.00229. The molecular formula is C13H10Br2N2OS. The van der Waals surface area contributed by atoms with Gasteiger partial charge in [0.15, 0.2) is 0 Å². The third-order valence-corrected chi connectivity index (χ3v) is 5.29. The molecule has 0 aliphatic carbocycles. The Kier molecular flexibility index (Phi) is 3.75. The molecule has 0 bridgehead atoms. The molecule has 3 rings (SSSR count). The summed E-state index contributed by atoms with van der Waals surface area (Å²) in [5.74, 6) is -0.00229. The maximum Gasteiger partial charge on any atom is 0.246 e. The number of fused-ring (bicyclic) bond motifs is 1. The topological polar surface area (TPSA) is 41.1 Å². The predicted octanol–water partition coefficient (Wildman–Crippen LogP) is 4.06. The molecule has 1 aromatic heterocycles. The molecule has 1 aromatic carbocycles. The Balaban J connectivity index is 1.81. The number of halogens is 2.